The third-order valence-electron chi connectivity index (χ3n) is 4.02. The maximum atomic E-state index is 11.7. The van der Waals surface area contributed by atoms with Gasteiger partial charge in [0.05, 0.1) is 5.92 Å². The molecule has 4 atom stereocenters. The van der Waals surface area contributed by atoms with Gasteiger partial charge in [0.1, 0.15) is 0 Å². The third-order valence-corrected chi connectivity index (χ3v) is 4.02. The van der Waals surface area contributed by atoms with Crippen molar-refractivity contribution in [1.82, 2.24) is 10.6 Å². The summed E-state index contributed by atoms with van der Waals surface area (Å²) in [7, 11) is 0. The summed E-state index contributed by atoms with van der Waals surface area (Å²) in [6.07, 6.45) is 5.42. The fourth-order valence-corrected chi connectivity index (χ4v) is 2.85. The van der Waals surface area contributed by atoms with Crippen LogP contribution in [-0.4, -0.2) is 29.2 Å². The number of rotatable bonds is 5. The Bertz CT molecular complexity index is 332. The summed E-state index contributed by atoms with van der Waals surface area (Å²) in [5.41, 5.74) is 0. The molecule has 0 aromatic carbocycles. The average molecular weight is 254 g/mol. The Morgan fingerprint density at radius 1 is 1.22 bits per heavy atom. The number of carboxylic acid groups (broad SMARTS) is 1. The lowest BCUT2D eigenvalue weighted by atomic mass is 10.1. The minimum atomic E-state index is -0.745. The van der Waals surface area contributed by atoms with Crippen molar-refractivity contribution in [2.75, 3.05) is 0 Å². The first-order chi connectivity index (χ1) is 8.60. The lowest BCUT2D eigenvalue weighted by molar-refractivity contribution is -0.141. The van der Waals surface area contributed by atoms with Crippen molar-refractivity contribution in [3.05, 3.63) is 0 Å². The van der Waals surface area contributed by atoms with Crippen molar-refractivity contribution in [2.24, 2.45) is 11.8 Å². The van der Waals surface area contributed by atoms with Gasteiger partial charge in [0.25, 0.3) is 0 Å². The molecule has 2 rings (SSSR count). The van der Waals surface area contributed by atoms with Gasteiger partial charge in [0, 0.05) is 12.1 Å². The molecule has 18 heavy (non-hydrogen) atoms. The quantitative estimate of drug-likeness (QED) is 0.699. The summed E-state index contributed by atoms with van der Waals surface area (Å²) in [4.78, 5) is 22.5. The minimum Gasteiger partial charge on any atom is -0.481 e. The molecule has 0 aromatic heterocycles. The number of nitrogens with one attached hydrogen (secondary N) is 2. The second-order valence-corrected chi connectivity index (χ2v) is 5.55. The van der Waals surface area contributed by atoms with E-state index in [4.69, 9.17) is 5.11 Å². The number of carbonyl (C=O) groups excluding carboxylic acids is 1. The Balaban J connectivity index is 1.65. The van der Waals surface area contributed by atoms with E-state index in [-0.39, 0.29) is 18.0 Å². The maximum Gasteiger partial charge on any atom is 0.315 e. The molecule has 3 N–H and O–H groups in total. The predicted octanol–water partition coefficient (Wildman–Crippen LogP) is 1.73. The Morgan fingerprint density at radius 3 is 2.61 bits per heavy atom. The van der Waals surface area contributed by atoms with Crippen LogP contribution in [0.4, 0.5) is 4.79 Å². The molecule has 0 spiro atoms. The Morgan fingerprint density at radius 2 is 2.00 bits per heavy atom. The highest BCUT2D eigenvalue weighted by atomic mass is 16.4. The van der Waals surface area contributed by atoms with E-state index in [0.717, 1.165) is 19.3 Å². The van der Waals surface area contributed by atoms with Gasteiger partial charge in [-0.15, -0.1) is 0 Å². The summed E-state index contributed by atoms with van der Waals surface area (Å²) >= 11 is 0. The van der Waals surface area contributed by atoms with Crippen LogP contribution in [0.1, 0.15) is 45.4 Å². The van der Waals surface area contributed by atoms with Crippen LogP contribution in [0.25, 0.3) is 0 Å². The molecule has 5 nitrogen and oxygen atoms in total. The first-order valence-electron chi connectivity index (χ1n) is 6.90. The summed E-state index contributed by atoms with van der Waals surface area (Å²) in [6.45, 7) is 2.15. The molecule has 2 aliphatic rings. The zero-order chi connectivity index (χ0) is 13.1. The summed E-state index contributed by atoms with van der Waals surface area (Å²) in [6, 6.07) is 0.228. The molecule has 5 heteroatoms. The summed E-state index contributed by atoms with van der Waals surface area (Å²) in [5.74, 6) is -0.384. The predicted molar refractivity (Wildman–Crippen MR) is 67.2 cm³/mol. The van der Waals surface area contributed by atoms with Crippen LogP contribution in [0.3, 0.4) is 0 Å². The number of hydrogen-bond donors (Lipinski definition) is 3. The van der Waals surface area contributed by atoms with Crippen molar-refractivity contribution < 1.29 is 14.7 Å². The van der Waals surface area contributed by atoms with Crippen molar-refractivity contribution >= 4 is 12.0 Å². The van der Waals surface area contributed by atoms with Gasteiger partial charge in [0.2, 0.25) is 0 Å². The van der Waals surface area contributed by atoms with Gasteiger partial charge < -0.3 is 15.7 Å². The monoisotopic (exact) mass is 254 g/mol. The second-order valence-electron chi connectivity index (χ2n) is 5.55. The molecule has 2 fully saturated rings. The maximum absolute atomic E-state index is 11.7. The topological polar surface area (TPSA) is 78.4 Å². The molecular weight excluding hydrogens is 232 g/mol. The molecule has 2 aliphatic carbocycles. The number of amides is 2. The lowest BCUT2D eigenvalue weighted by Gasteiger charge is -2.13. The molecule has 0 bridgehead atoms. The molecule has 0 aliphatic heterocycles. The van der Waals surface area contributed by atoms with Crippen molar-refractivity contribution in [3.63, 3.8) is 0 Å². The van der Waals surface area contributed by atoms with Gasteiger partial charge in [-0.05, 0) is 38.0 Å². The van der Waals surface area contributed by atoms with Crippen LogP contribution in [-0.2, 0) is 4.79 Å². The number of carbonyl (C=O) groups is 2. The second kappa shape index (κ2) is 5.59. The van der Waals surface area contributed by atoms with E-state index >= 15 is 0 Å². The molecule has 102 valence electrons. The van der Waals surface area contributed by atoms with Crippen LogP contribution in [0.5, 0.6) is 0 Å². The molecule has 0 radical (unpaired) electrons. The Hall–Kier alpha value is -1.26. The summed E-state index contributed by atoms with van der Waals surface area (Å²) in [5, 5.41) is 14.7. The largest absolute Gasteiger partial charge is 0.481 e. The summed E-state index contributed by atoms with van der Waals surface area (Å²) < 4.78 is 0. The first kappa shape index (κ1) is 13.2. The Kier molecular flexibility index (Phi) is 4.09. The molecule has 0 heterocycles. The highest BCUT2D eigenvalue weighted by Crippen LogP contribution is 2.34. The third kappa shape index (κ3) is 3.37. The molecular formula is C13H22N2O3. The first-order valence-corrected chi connectivity index (χ1v) is 6.90. The minimum absolute atomic E-state index is 0.0227. The van der Waals surface area contributed by atoms with E-state index < -0.39 is 5.97 Å². The average Bonchev–Trinajstić information content (AvgIpc) is 2.85. The standard InChI is InChI=1S/C13H22N2O3/c1-2-3-8-7-11(8)15-13(18)14-10-5-4-9(6-10)12(16)17/h8-11H,2-7H2,1H3,(H,16,17)(H2,14,15,18). The zero-order valence-electron chi connectivity index (χ0n) is 10.8. The molecule has 2 amide bonds. The zero-order valence-corrected chi connectivity index (χ0v) is 10.8. The van der Waals surface area contributed by atoms with Crippen LogP contribution in [0.15, 0.2) is 0 Å². The van der Waals surface area contributed by atoms with E-state index in [1.54, 1.807) is 0 Å². The van der Waals surface area contributed by atoms with E-state index in [2.05, 4.69) is 17.6 Å². The van der Waals surface area contributed by atoms with Gasteiger partial charge in [-0.3, -0.25) is 4.79 Å². The van der Waals surface area contributed by atoms with E-state index in [0.29, 0.717) is 24.8 Å². The number of urea groups is 1. The highest BCUT2D eigenvalue weighted by molar-refractivity contribution is 5.75. The van der Waals surface area contributed by atoms with E-state index in [9.17, 15) is 9.59 Å². The van der Waals surface area contributed by atoms with Crippen molar-refractivity contribution in [2.45, 2.75) is 57.5 Å². The number of hydrogen-bond acceptors (Lipinski definition) is 2. The number of carboxylic acids is 1. The fraction of sp³-hybridized carbons (Fsp3) is 0.846. The molecule has 0 aromatic rings. The van der Waals surface area contributed by atoms with Gasteiger partial charge in [-0.1, -0.05) is 13.3 Å². The number of aliphatic carboxylic acids is 1. The molecule has 4 unspecified atom stereocenters. The SMILES string of the molecule is CCCC1CC1NC(=O)NC1CCC(C(=O)O)C1. The van der Waals surface area contributed by atoms with E-state index in [1.807, 2.05) is 0 Å². The van der Waals surface area contributed by atoms with E-state index in [1.165, 1.54) is 6.42 Å². The van der Waals surface area contributed by atoms with Gasteiger partial charge in [0.15, 0.2) is 0 Å². The van der Waals surface area contributed by atoms with Gasteiger partial charge in [-0.2, -0.15) is 0 Å². The Labute approximate surface area is 107 Å². The highest BCUT2D eigenvalue weighted by Gasteiger charge is 2.38. The van der Waals surface area contributed by atoms with Crippen LogP contribution in [0, 0.1) is 11.8 Å². The fourth-order valence-electron chi connectivity index (χ4n) is 2.85. The lowest BCUT2D eigenvalue weighted by Crippen LogP contribution is -2.42. The van der Waals surface area contributed by atoms with Crippen molar-refractivity contribution in [1.29, 1.82) is 0 Å². The van der Waals surface area contributed by atoms with Gasteiger partial charge in [-0.25, -0.2) is 4.79 Å². The van der Waals surface area contributed by atoms with Crippen LogP contribution >= 0.6 is 0 Å². The normalized spacial score (nSPS) is 34.1. The van der Waals surface area contributed by atoms with Crippen LogP contribution < -0.4 is 10.6 Å². The molecule has 0 saturated heterocycles. The smallest absolute Gasteiger partial charge is 0.315 e. The molecule has 2 saturated carbocycles. The van der Waals surface area contributed by atoms with Gasteiger partial charge >= 0.3 is 12.0 Å². The van der Waals surface area contributed by atoms with Crippen molar-refractivity contribution in [3.8, 4) is 0 Å². The van der Waals surface area contributed by atoms with Crippen LogP contribution in [0.2, 0.25) is 0 Å².